The predicted molar refractivity (Wildman–Crippen MR) is 105 cm³/mol. The molecule has 3 fully saturated rings. The lowest BCUT2D eigenvalue weighted by atomic mass is 9.94. The van der Waals surface area contributed by atoms with Gasteiger partial charge in [0, 0.05) is 37.8 Å². The van der Waals surface area contributed by atoms with Gasteiger partial charge in [-0.1, -0.05) is 19.3 Å². The fourth-order valence-electron chi connectivity index (χ4n) is 4.77. The highest BCUT2D eigenvalue weighted by Gasteiger charge is 2.44. The van der Waals surface area contributed by atoms with E-state index in [4.69, 9.17) is 9.47 Å². The number of carbonyl (C=O) groups is 2. The van der Waals surface area contributed by atoms with Gasteiger partial charge in [0.1, 0.15) is 0 Å². The zero-order valence-electron chi connectivity index (χ0n) is 16.7. The maximum absolute atomic E-state index is 13.0. The molecule has 7 heteroatoms. The number of rotatable bonds is 4. The molecule has 2 heterocycles. The van der Waals surface area contributed by atoms with E-state index >= 15 is 0 Å². The van der Waals surface area contributed by atoms with Crippen molar-refractivity contribution in [1.29, 1.82) is 0 Å². The Morgan fingerprint density at radius 1 is 0.929 bits per heavy atom. The molecule has 152 valence electrons. The molecule has 1 atom stereocenters. The summed E-state index contributed by atoms with van der Waals surface area (Å²) in [5.41, 5.74) is 0.583. The number of piperazine rings is 1. The Bertz CT molecular complexity index is 747. The van der Waals surface area contributed by atoms with E-state index in [0.29, 0.717) is 42.7 Å². The fraction of sp³-hybridized carbons (Fsp3) is 0.619. The highest BCUT2D eigenvalue weighted by Crippen LogP contribution is 2.31. The maximum Gasteiger partial charge on any atom is 0.320 e. The van der Waals surface area contributed by atoms with E-state index in [1.54, 1.807) is 32.4 Å². The SMILES string of the molecule is COc1ccc(C(=O)N2CCN3C(=O)N(C4CCCCC4)C[C@H]3C2)cc1OC. The quantitative estimate of drug-likeness (QED) is 0.797. The Morgan fingerprint density at radius 2 is 1.68 bits per heavy atom. The number of hydrogen-bond donors (Lipinski definition) is 0. The summed E-state index contributed by atoms with van der Waals surface area (Å²) in [5.74, 6) is 1.13. The Hall–Kier alpha value is -2.44. The van der Waals surface area contributed by atoms with Gasteiger partial charge in [0.05, 0.1) is 20.3 Å². The van der Waals surface area contributed by atoms with Crippen molar-refractivity contribution in [1.82, 2.24) is 14.7 Å². The van der Waals surface area contributed by atoms with Crippen LogP contribution in [0.15, 0.2) is 18.2 Å². The van der Waals surface area contributed by atoms with Gasteiger partial charge in [-0.05, 0) is 31.0 Å². The lowest BCUT2D eigenvalue weighted by molar-refractivity contribution is 0.0616. The topological polar surface area (TPSA) is 62.3 Å². The third-order valence-electron chi connectivity index (χ3n) is 6.31. The van der Waals surface area contributed by atoms with Gasteiger partial charge < -0.3 is 24.2 Å². The van der Waals surface area contributed by atoms with Gasteiger partial charge in [0.2, 0.25) is 0 Å². The Kier molecular flexibility index (Phi) is 5.33. The van der Waals surface area contributed by atoms with Crippen LogP contribution in [0.25, 0.3) is 0 Å². The molecule has 1 aromatic rings. The molecule has 1 aromatic carbocycles. The second kappa shape index (κ2) is 7.89. The molecule has 0 N–H and O–H groups in total. The molecule has 0 bridgehead atoms. The molecular weight excluding hydrogens is 358 g/mol. The van der Waals surface area contributed by atoms with Crippen LogP contribution in [0.5, 0.6) is 11.5 Å². The smallest absolute Gasteiger partial charge is 0.320 e. The molecule has 2 saturated heterocycles. The summed E-state index contributed by atoms with van der Waals surface area (Å²) in [6, 6.07) is 5.88. The first-order valence-electron chi connectivity index (χ1n) is 10.2. The highest BCUT2D eigenvalue weighted by molar-refractivity contribution is 5.95. The normalized spacial score (nSPS) is 23.0. The van der Waals surface area contributed by atoms with E-state index in [1.165, 1.54) is 19.3 Å². The minimum absolute atomic E-state index is 0.0239. The van der Waals surface area contributed by atoms with Crippen molar-refractivity contribution in [2.75, 3.05) is 40.4 Å². The molecule has 0 radical (unpaired) electrons. The number of urea groups is 1. The number of fused-ring (bicyclic) bond motifs is 1. The van der Waals surface area contributed by atoms with Gasteiger partial charge in [0.25, 0.3) is 5.91 Å². The van der Waals surface area contributed by atoms with Crippen LogP contribution in [-0.2, 0) is 0 Å². The monoisotopic (exact) mass is 387 g/mol. The number of nitrogens with zero attached hydrogens (tertiary/aromatic N) is 3. The van der Waals surface area contributed by atoms with Gasteiger partial charge in [-0.15, -0.1) is 0 Å². The first-order chi connectivity index (χ1) is 13.6. The third kappa shape index (κ3) is 3.38. The van der Waals surface area contributed by atoms with Crippen LogP contribution in [0.2, 0.25) is 0 Å². The first kappa shape index (κ1) is 18.9. The van der Waals surface area contributed by atoms with Crippen molar-refractivity contribution < 1.29 is 19.1 Å². The van der Waals surface area contributed by atoms with E-state index in [-0.39, 0.29) is 18.0 Å². The molecule has 0 aromatic heterocycles. The molecule has 0 unspecified atom stereocenters. The van der Waals surface area contributed by atoms with Crippen molar-refractivity contribution >= 4 is 11.9 Å². The minimum atomic E-state index is -0.0239. The molecule has 4 rings (SSSR count). The van der Waals surface area contributed by atoms with E-state index in [9.17, 15) is 9.59 Å². The van der Waals surface area contributed by atoms with Gasteiger partial charge in [0.15, 0.2) is 11.5 Å². The summed E-state index contributed by atoms with van der Waals surface area (Å²) in [5, 5.41) is 0. The number of hydrogen-bond acceptors (Lipinski definition) is 4. The van der Waals surface area contributed by atoms with Crippen LogP contribution >= 0.6 is 0 Å². The molecule has 1 aliphatic carbocycles. The van der Waals surface area contributed by atoms with Crippen LogP contribution in [-0.4, -0.2) is 79.1 Å². The van der Waals surface area contributed by atoms with Crippen LogP contribution in [0.1, 0.15) is 42.5 Å². The van der Waals surface area contributed by atoms with Gasteiger partial charge in [-0.2, -0.15) is 0 Å². The van der Waals surface area contributed by atoms with Gasteiger partial charge in [-0.3, -0.25) is 4.79 Å². The average molecular weight is 387 g/mol. The summed E-state index contributed by atoms with van der Waals surface area (Å²) in [6.45, 7) is 2.49. The van der Waals surface area contributed by atoms with Gasteiger partial charge in [-0.25, -0.2) is 4.79 Å². The summed E-state index contributed by atoms with van der Waals surface area (Å²) in [4.78, 5) is 31.8. The fourth-order valence-corrected chi connectivity index (χ4v) is 4.77. The number of ether oxygens (including phenoxy) is 2. The van der Waals surface area contributed by atoms with E-state index in [0.717, 1.165) is 19.4 Å². The van der Waals surface area contributed by atoms with Crippen molar-refractivity contribution in [3.63, 3.8) is 0 Å². The lowest BCUT2D eigenvalue weighted by Crippen LogP contribution is -2.53. The molecule has 0 spiro atoms. The predicted octanol–water partition coefficient (Wildman–Crippen LogP) is 2.60. The first-order valence-corrected chi connectivity index (χ1v) is 10.2. The van der Waals surface area contributed by atoms with Crippen molar-refractivity contribution in [3.8, 4) is 11.5 Å². The third-order valence-corrected chi connectivity index (χ3v) is 6.31. The highest BCUT2D eigenvalue weighted by atomic mass is 16.5. The molecule has 2 aliphatic heterocycles. The Morgan fingerprint density at radius 3 is 2.39 bits per heavy atom. The number of carbonyl (C=O) groups excluding carboxylic acids is 2. The second-order valence-electron chi connectivity index (χ2n) is 7.89. The average Bonchev–Trinajstić information content (AvgIpc) is 3.09. The number of amides is 3. The molecule has 7 nitrogen and oxygen atoms in total. The van der Waals surface area contributed by atoms with Crippen LogP contribution in [0.3, 0.4) is 0 Å². The Balaban J connectivity index is 1.45. The van der Waals surface area contributed by atoms with Crippen LogP contribution in [0.4, 0.5) is 4.79 Å². The maximum atomic E-state index is 13.0. The molecular formula is C21H29N3O4. The molecule has 1 saturated carbocycles. The van der Waals surface area contributed by atoms with Crippen LogP contribution < -0.4 is 9.47 Å². The number of benzene rings is 1. The molecule has 28 heavy (non-hydrogen) atoms. The zero-order valence-corrected chi connectivity index (χ0v) is 16.7. The van der Waals surface area contributed by atoms with Crippen LogP contribution in [0, 0.1) is 0 Å². The minimum Gasteiger partial charge on any atom is -0.493 e. The summed E-state index contributed by atoms with van der Waals surface area (Å²) >= 11 is 0. The number of methoxy groups -OCH3 is 2. The summed E-state index contributed by atoms with van der Waals surface area (Å²) < 4.78 is 10.6. The second-order valence-corrected chi connectivity index (χ2v) is 7.89. The van der Waals surface area contributed by atoms with E-state index in [2.05, 4.69) is 4.90 Å². The van der Waals surface area contributed by atoms with Crippen molar-refractivity contribution in [2.24, 2.45) is 0 Å². The van der Waals surface area contributed by atoms with Crippen molar-refractivity contribution in [3.05, 3.63) is 23.8 Å². The van der Waals surface area contributed by atoms with E-state index < -0.39 is 0 Å². The standard InChI is InChI=1S/C21H29N3O4/c1-27-18-9-8-15(12-19(18)28-2)20(25)22-10-11-23-17(13-22)14-24(21(23)26)16-6-4-3-5-7-16/h8-9,12,16-17H,3-7,10-11,13-14H2,1-2H3/t17-/m1/s1. The molecule has 3 aliphatic rings. The summed E-state index contributed by atoms with van der Waals surface area (Å²) in [7, 11) is 3.14. The lowest BCUT2D eigenvalue weighted by Gasteiger charge is -2.36. The van der Waals surface area contributed by atoms with Gasteiger partial charge >= 0.3 is 6.03 Å². The largest absolute Gasteiger partial charge is 0.493 e. The Labute approximate surface area is 166 Å². The summed E-state index contributed by atoms with van der Waals surface area (Å²) in [6.07, 6.45) is 5.92. The molecule has 3 amide bonds. The van der Waals surface area contributed by atoms with Crippen molar-refractivity contribution in [2.45, 2.75) is 44.2 Å². The zero-order chi connectivity index (χ0) is 19.7. The van der Waals surface area contributed by atoms with E-state index in [1.807, 2.05) is 9.80 Å².